The number of nitrogens with zero attached hydrogens (tertiary/aromatic N) is 3. The van der Waals surface area contributed by atoms with E-state index in [1.54, 1.807) is 47.4 Å². The average molecular weight is 310 g/mol. The first-order valence-electron chi connectivity index (χ1n) is 7.03. The third-order valence-corrected chi connectivity index (χ3v) is 3.51. The molecule has 1 N–H and O–H groups in total. The number of hydrogen-bond donors (Lipinski definition) is 1. The molecule has 0 fully saturated rings. The van der Waals surface area contributed by atoms with Gasteiger partial charge in [0.1, 0.15) is 6.54 Å². The molecule has 0 spiro atoms. The molecule has 1 amide bonds. The van der Waals surface area contributed by atoms with E-state index in [-0.39, 0.29) is 18.1 Å². The number of carbonyl (C=O) groups is 1. The van der Waals surface area contributed by atoms with E-state index in [1.807, 2.05) is 6.07 Å². The number of benzene rings is 1. The van der Waals surface area contributed by atoms with Crippen molar-refractivity contribution in [3.63, 3.8) is 0 Å². The molecule has 0 atom stereocenters. The lowest BCUT2D eigenvalue weighted by Crippen LogP contribution is -2.26. The second kappa shape index (κ2) is 6.27. The maximum Gasteiger partial charge on any atom is 0.278 e. The van der Waals surface area contributed by atoms with Gasteiger partial charge in [-0.25, -0.2) is 0 Å². The summed E-state index contributed by atoms with van der Waals surface area (Å²) in [6, 6.07) is 10.2. The summed E-state index contributed by atoms with van der Waals surface area (Å²) < 4.78 is 1.70. The summed E-state index contributed by atoms with van der Waals surface area (Å²) in [6.45, 7) is 0.497. The largest absolute Gasteiger partial charge is 0.350 e. The highest BCUT2D eigenvalue weighted by molar-refractivity contribution is 5.90. The molecule has 23 heavy (non-hydrogen) atoms. The highest BCUT2D eigenvalue weighted by Crippen LogP contribution is 2.26. The molecule has 0 aliphatic rings. The molecule has 0 aliphatic heterocycles. The molecule has 3 rings (SSSR count). The molecule has 0 radical (unpaired) electrons. The Hall–Kier alpha value is -3.22. The van der Waals surface area contributed by atoms with Crippen molar-refractivity contribution in [2.45, 2.75) is 13.1 Å². The fourth-order valence-electron chi connectivity index (χ4n) is 2.42. The third-order valence-electron chi connectivity index (χ3n) is 3.51. The summed E-state index contributed by atoms with van der Waals surface area (Å²) in [6.07, 6.45) is 5.04. The number of pyridine rings is 1. The second-order valence-electron chi connectivity index (χ2n) is 5.05. The molecule has 0 aliphatic carbocycles. The van der Waals surface area contributed by atoms with Crippen LogP contribution in [0.2, 0.25) is 0 Å². The number of nitro benzene ring substituents is 1. The number of aromatic nitrogens is 2. The average Bonchev–Trinajstić information content (AvgIpc) is 2.97. The number of nitrogens with one attached hydrogen (secondary N) is 1. The number of hydrogen-bond acceptors (Lipinski definition) is 4. The van der Waals surface area contributed by atoms with E-state index >= 15 is 0 Å². The normalized spacial score (nSPS) is 10.6. The van der Waals surface area contributed by atoms with Crippen LogP contribution in [0.1, 0.15) is 5.56 Å². The highest BCUT2D eigenvalue weighted by Gasteiger charge is 2.14. The summed E-state index contributed by atoms with van der Waals surface area (Å²) in [5.74, 6) is -0.169. The number of rotatable bonds is 5. The van der Waals surface area contributed by atoms with Crippen LogP contribution in [-0.2, 0) is 17.9 Å². The predicted octanol–water partition coefficient (Wildman–Crippen LogP) is 2.26. The summed E-state index contributed by atoms with van der Waals surface area (Å²) in [5.41, 5.74) is 1.61. The van der Waals surface area contributed by atoms with E-state index in [4.69, 9.17) is 0 Å². The smallest absolute Gasteiger partial charge is 0.278 e. The number of fused-ring (bicyclic) bond motifs is 1. The minimum absolute atomic E-state index is 0.0389. The molecule has 3 aromatic rings. The summed E-state index contributed by atoms with van der Waals surface area (Å²) >= 11 is 0. The number of nitro groups is 1. The van der Waals surface area contributed by atoms with Crippen molar-refractivity contribution >= 4 is 22.5 Å². The van der Waals surface area contributed by atoms with Crippen LogP contribution in [0.4, 0.5) is 5.69 Å². The lowest BCUT2D eigenvalue weighted by Gasteiger charge is -2.07. The van der Waals surface area contributed by atoms with Gasteiger partial charge >= 0.3 is 0 Å². The summed E-state index contributed by atoms with van der Waals surface area (Å²) in [7, 11) is 0. The SMILES string of the molecule is O=C(Cn1ccc2c([N+](=O)[O-])cccc21)NCc1cccnc1. The zero-order chi connectivity index (χ0) is 16.2. The lowest BCUT2D eigenvalue weighted by atomic mass is 10.2. The molecular formula is C16H14N4O3. The van der Waals surface area contributed by atoms with Gasteiger partial charge in [0.2, 0.25) is 5.91 Å². The van der Waals surface area contributed by atoms with Crippen molar-refractivity contribution in [3.8, 4) is 0 Å². The Morgan fingerprint density at radius 2 is 2.13 bits per heavy atom. The van der Waals surface area contributed by atoms with Crippen molar-refractivity contribution in [3.05, 3.63) is 70.7 Å². The van der Waals surface area contributed by atoms with Crippen LogP contribution in [0.15, 0.2) is 55.0 Å². The fraction of sp³-hybridized carbons (Fsp3) is 0.125. The van der Waals surface area contributed by atoms with Gasteiger partial charge < -0.3 is 9.88 Å². The number of amides is 1. The van der Waals surface area contributed by atoms with Crippen LogP contribution in [0.3, 0.4) is 0 Å². The van der Waals surface area contributed by atoms with E-state index < -0.39 is 4.92 Å². The van der Waals surface area contributed by atoms with Crippen LogP contribution in [0.25, 0.3) is 10.9 Å². The first kappa shape index (κ1) is 14.7. The van der Waals surface area contributed by atoms with E-state index in [0.717, 1.165) is 5.56 Å². The van der Waals surface area contributed by atoms with E-state index in [2.05, 4.69) is 10.3 Å². The first-order chi connectivity index (χ1) is 11.1. The Bertz CT molecular complexity index is 858. The van der Waals surface area contributed by atoms with Gasteiger partial charge in [-0.2, -0.15) is 0 Å². The van der Waals surface area contributed by atoms with E-state index in [9.17, 15) is 14.9 Å². The van der Waals surface area contributed by atoms with Crippen LogP contribution in [0.5, 0.6) is 0 Å². The van der Waals surface area contributed by atoms with Crippen LogP contribution in [-0.4, -0.2) is 20.4 Å². The molecule has 0 saturated carbocycles. The Morgan fingerprint density at radius 3 is 2.87 bits per heavy atom. The summed E-state index contributed by atoms with van der Waals surface area (Å²) in [5, 5.41) is 14.3. The Morgan fingerprint density at radius 1 is 1.26 bits per heavy atom. The van der Waals surface area contributed by atoms with Crippen molar-refractivity contribution < 1.29 is 9.72 Å². The molecule has 0 saturated heterocycles. The maximum atomic E-state index is 12.1. The molecule has 7 heteroatoms. The molecule has 2 heterocycles. The minimum atomic E-state index is -0.421. The molecule has 2 aromatic heterocycles. The van der Waals surface area contributed by atoms with Gasteiger partial charge in [-0.05, 0) is 23.8 Å². The molecule has 1 aromatic carbocycles. The quantitative estimate of drug-likeness (QED) is 0.578. The maximum absolute atomic E-state index is 12.1. The Balaban J connectivity index is 1.73. The molecule has 116 valence electrons. The highest BCUT2D eigenvalue weighted by atomic mass is 16.6. The van der Waals surface area contributed by atoms with E-state index in [0.29, 0.717) is 17.4 Å². The van der Waals surface area contributed by atoms with Gasteiger partial charge in [0.15, 0.2) is 0 Å². The van der Waals surface area contributed by atoms with Crippen molar-refractivity contribution in [2.75, 3.05) is 0 Å². The lowest BCUT2D eigenvalue weighted by molar-refractivity contribution is -0.383. The molecule has 0 bridgehead atoms. The Kier molecular flexibility index (Phi) is 4.01. The fourth-order valence-corrected chi connectivity index (χ4v) is 2.42. The van der Waals surface area contributed by atoms with E-state index in [1.165, 1.54) is 6.07 Å². The van der Waals surface area contributed by atoms with Gasteiger partial charge in [-0.1, -0.05) is 12.1 Å². The summed E-state index contributed by atoms with van der Waals surface area (Å²) in [4.78, 5) is 26.6. The molecule has 7 nitrogen and oxygen atoms in total. The second-order valence-corrected chi connectivity index (χ2v) is 5.05. The standard InChI is InChI=1S/C16H14N4O3/c21-16(18-10-12-3-2-7-17-9-12)11-19-8-6-13-14(19)4-1-5-15(13)20(22)23/h1-9H,10-11H2,(H,18,21). The number of non-ortho nitro benzene ring substituents is 1. The molecule has 0 unspecified atom stereocenters. The monoisotopic (exact) mass is 310 g/mol. The van der Waals surface area contributed by atoms with Crippen molar-refractivity contribution in [1.82, 2.24) is 14.9 Å². The zero-order valence-electron chi connectivity index (χ0n) is 12.2. The minimum Gasteiger partial charge on any atom is -0.350 e. The number of carbonyl (C=O) groups excluding carboxylic acids is 1. The van der Waals surface area contributed by atoms with Crippen LogP contribution < -0.4 is 5.32 Å². The van der Waals surface area contributed by atoms with Crippen molar-refractivity contribution in [1.29, 1.82) is 0 Å². The van der Waals surface area contributed by atoms with Gasteiger partial charge in [0.05, 0.1) is 15.8 Å². The topological polar surface area (TPSA) is 90.1 Å². The predicted molar refractivity (Wildman–Crippen MR) is 84.7 cm³/mol. The molecular weight excluding hydrogens is 296 g/mol. The van der Waals surface area contributed by atoms with Gasteiger partial charge in [0.25, 0.3) is 5.69 Å². The zero-order valence-corrected chi connectivity index (χ0v) is 12.2. The first-order valence-corrected chi connectivity index (χ1v) is 7.03. The Labute approximate surface area is 131 Å². The van der Waals surface area contributed by atoms with Gasteiger partial charge in [-0.3, -0.25) is 19.9 Å². The van der Waals surface area contributed by atoms with Crippen LogP contribution in [0, 0.1) is 10.1 Å². The van der Waals surface area contributed by atoms with Gasteiger partial charge in [-0.15, -0.1) is 0 Å². The van der Waals surface area contributed by atoms with Crippen molar-refractivity contribution in [2.24, 2.45) is 0 Å². The third kappa shape index (κ3) is 3.18. The van der Waals surface area contributed by atoms with Crippen LogP contribution >= 0.6 is 0 Å². The van der Waals surface area contributed by atoms with Gasteiger partial charge in [0, 0.05) is 31.2 Å².